The molecular weight excluding hydrogens is 828 g/mol. The van der Waals surface area contributed by atoms with Crippen LogP contribution in [0.1, 0.15) is 52.0 Å². The smallest absolute Gasteiger partial charge is 0.409 e. The molecule has 0 saturated carbocycles. The highest BCUT2D eigenvalue weighted by atomic mass is 16.6. The molecule has 1 aliphatic rings. The van der Waals surface area contributed by atoms with Crippen LogP contribution in [-0.2, 0) is 59.0 Å². The Kier molecular flexibility index (Phi) is 25.2. The number of methoxy groups -OCH3 is 1. The van der Waals surface area contributed by atoms with Gasteiger partial charge in [0.2, 0.25) is 29.5 Å². The van der Waals surface area contributed by atoms with Crippen LogP contribution >= 0.6 is 0 Å². The summed E-state index contributed by atoms with van der Waals surface area (Å²) in [6, 6.07) is 3.79. The van der Waals surface area contributed by atoms with E-state index >= 15 is 0 Å². The number of urea groups is 1. The van der Waals surface area contributed by atoms with Crippen LogP contribution in [-0.4, -0.2) is 175 Å². The highest BCUT2D eigenvalue weighted by Gasteiger charge is 2.35. The zero-order valence-corrected chi connectivity index (χ0v) is 37.3. The molecule has 0 aromatic heterocycles. The lowest BCUT2D eigenvalue weighted by Crippen LogP contribution is -2.54. The number of primary amides is 1. The highest BCUT2D eigenvalue weighted by Crippen LogP contribution is 2.18. The van der Waals surface area contributed by atoms with Crippen LogP contribution in [0.25, 0.3) is 0 Å². The average molecular weight is 895 g/mol. The van der Waals surface area contributed by atoms with E-state index in [4.69, 9.17) is 29.4 Å². The van der Waals surface area contributed by atoms with Crippen molar-refractivity contribution in [3.05, 3.63) is 29.8 Å². The van der Waals surface area contributed by atoms with Gasteiger partial charge in [-0.2, -0.15) is 0 Å². The number of carbonyl (C=O) groups excluding carboxylic acids is 8. The van der Waals surface area contributed by atoms with Crippen LogP contribution in [0.15, 0.2) is 24.3 Å². The van der Waals surface area contributed by atoms with Gasteiger partial charge in [0.05, 0.1) is 66.5 Å². The number of amides is 9. The van der Waals surface area contributed by atoms with Gasteiger partial charge in [0.1, 0.15) is 18.7 Å². The summed E-state index contributed by atoms with van der Waals surface area (Å²) < 4.78 is 31.8. The fourth-order valence-corrected chi connectivity index (χ4v) is 5.80. The van der Waals surface area contributed by atoms with Crippen molar-refractivity contribution >= 4 is 53.4 Å². The molecule has 1 aromatic rings. The first-order valence-corrected chi connectivity index (χ1v) is 20.9. The highest BCUT2D eigenvalue weighted by molar-refractivity contribution is 6.03. The minimum absolute atomic E-state index is 0.0258. The predicted octanol–water partition coefficient (Wildman–Crippen LogP) is 0.817. The third-order valence-corrected chi connectivity index (χ3v) is 9.54. The number of imide groups is 1. The first-order valence-electron chi connectivity index (χ1n) is 20.9. The molecule has 9 amide bonds. The molecule has 22 heteroatoms. The first-order chi connectivity index (χ1) is 30.0. The van der Waals surface area contributed by atoms with Gasteiger partial charge in [0.25, 0.3) is 0 Å². The SMILES string of the molecule is COC(=O)N(C)CCN(C)C(=O)OCc1ccc(NC(=O)[C@H](CCCNC(N)=O)NC(=O)[C@H](NC(=O)CCOCCOCCOCCOCCN2C(=O)CC(C)C2=O)C(C)C)cc1. The van der Waals surface area contributed by atoms with Gasteiger partial charge in [0, 0.05) is 58.2 Å². The molecule has 1 heterocycles. The van der Waals surface area contributed by atoms with Crippen molar-refractivity contribution in [2.24, 2.45) is 17.6 Å². The van der Waals surface area contributed by atoms with Gasteiger partial charge in [-0.1, -0.05) is 32.9 Å². The van der Waals surface area contributed by atoms with E-state index in [0.29, 0.717) is 44.1 Å². The van der Waals surface area contributed by atoms with Crippen LogP contribution in [0.3, 0.4) is 0 Å². The monoisotopic (exact) mass is 894 g/mol. The molecule has 1 aromatic carbocycles. The van der Waals surface area contributed by atoms with Gasteiger partial charge in [0.15, 0.2) is 0 Å². The number of carbonyl (C=O) groups is 8. The number of ether oxygens (including phenoxy) is 6. The Morgan fingerprint density at radius 2 is 1.38 bits per heavy atom. The normalized spacial score (nSPS) is 14.5. The van der Waals surface area contributed by atoms with E-state index in [1.165, 1.54) is 28.9 Å². The number of likely N-dealkylation sites (tertiary alicyclic amines) is 1. The van der Waals surface area contributed by atoms with E-state index in [0.717, 1.165) is 0 Å². The molecule has 3 atom stereocenters. The van der Waals surface area contributed by atoms with E-state index in [-0.39, 0.29) is 102 Å². The van der Waals surface area contributed by atoms with Crippen molar-refractivity contribution < 1.29 is 66.8 Å². The number of anilines is 1. The molecule has 1 unspecified atom stereocenters. The van der Waals surface area contributed by atoms with Crippen molar-refractivity contribution in [1.82, 2.24) is 30.7 Å². The van der Waals surface area contributed by atoms with Crippen LogP contribution in [0.2, 0.25) is 0 Å². The van der Waals surface area contributed by atoms with Gasteiger partial charge in [-0.3, -0.25) is 28.9 Å². The van der Waals surface area contributed by atoms with Crippen molar-refractivity contribution in [1.29, 1.82) is 0 Å². The lowest BCUT2D eigenvalue weighted by molar-refractivity contribution is -0.140. The van der Waals surface area contributed by atoms with Gasteiger partial charge in [-0.25, -0.2) is 14.4 Å². The second-order valence-corrected chi connectivity index (χ2v) is 15.0. The van der Waals surface area contributed by atoms with Gasteiger partial charge in [-0.15, -0.1) is 0 Å². The molecule has 2 rings (SSSR count). The number of hydrogen-bond donors (Lipinski definition) is 5. The maximum atomic E-state index is 13.5. The lowest BCUT2D eigenvalue weighted by atomic mass is 10.0. The van der Waals surface area contributed by atoms with E-state index in [9.17, 15) is 38.4 Å². The molecule has 22 nitrogen and oxygen atoms in total. The van der Waals surface area contributed by atoms with Crippen molar-refractivity contribution in [3.8, 4) is 0 Å². The molecule has 354 valence electrons. The molecule has 63 heavy (non-hydrogen) atoms. The zero-order chi connectivity index (χ0) is 46.7. The molecule has 0 bridgehead atoms. The Morgan fingerprint density at radius 1 is 0.810 bits per heavy atom. The molecule has 1 aliphatic heterocycles. The Labute approximate surface area is 368 Å². The fraction of sp³-hybridized carbons (Fsp3) is 0.659. The van der Waals surface area contributed by atoms with Crippen LogP contribution in [0, 0.1) is 11.8 Å². The second kappa shape index (κ2) is 29.7. The number of nitrogens with one attached hydrogen (secondary N) is 4. The van der Waals surface area contributed by atoms with Crippen molar-refractivity contribution in [2.45, 2.75) is 65.1 Å². The summed E-state index contributed by atoms with van der Waals surface area (Å²) >= 11 is 0. The Balaban J connectivity index is 1.74. The molecule has 0 radical (unpaired) electrons. The number of hydrogen-bond acceptors (Lipinski definition) is 14. The van der Waals surface area contributed by atoms with Gasteiger partial charge in [-0.05, 0) is 36.5 Å². The maximum absolute atomic E-state index is 13.5. The average Bonchev–Trinajstić information content (AvgIpc) is 3.49. The predicted molar refractivity (Wildman–Crippen MR) is 227 cm³/mol. The minimum atomic E-state index is -1.04. The van der Waals surface area contributed by atoms with Crippen molar-refractivity contribution in [3.63, 3.8) is 0 Å². The standard InChI is InChI=1S/C41H66N8O14/c1-28(2)35(46-33(50)13-18-59-20-22-61-24-25-62-23-21-60-19-17-49-34(51)26-29(3)38(49)54)37(53)45-32(8-7-14-43-39(42)55)36(52)44-31-11-9-30(10-12-31)27-63-41(57)48(5)16-15-47(4)40(56)58-6/h9-12,28-29,32,35H,7-8,13-27H2,1-6H3,(H,44,52)(H,45,53)(H,46,50)(H3,42,43,55)/t29?,32-,35+/m0/s1. The van der Waals surface area contributed by atoms with E-state index < -0.39 is 48.0 Å². The number of rotatable bonds is 30. The third kappa shape index (κ3) is 21.4. The largest absolute Gasteiger partial charge is 0.453 e. The van der Waals surface area contributed by atoms with Crippen LogP contribution < -0.4 is 27.0 Å². The first kappa shape index (κ1) is 53.6. The third-order valence-electron chi connectivity index (χ3n) is 9.54. The quantitative estimate of drug-likeness (QED) is 0.0529. The van der Waals surface area contributed by atoms with Gasteiger partial charge < -0.3 is 65.2 Å². The lowest BCUT2D eigenvalue weighted by Gasteiger charge is -2.25. The molecule has 0 spiro atoms. The summed E-state index contributed by atoms with van der Waals surface area (Å²) in [7, 11) is 4.35. The fourth-order valence-electron chi connectivity index (χ4n) is 5.80. The summed E-state index contributed by atoms with van der Waals surface area (Å²) in [6.45, 7) is 8.14. The Morgan fingerprint density at radius 3 is 1.92 bits per heavy atom. The van der Waals surface area contributed by atoms with Crippen molar-refractivity contribution in [2.75, 3.05) is 106 Å². The second-order valence-electron chi connectivity index (χ2n) is 15.0. The van der Waals surface area contributed by atoms with Crippen LogP contribution in [0.4, 0.5) is 20.1 Å². The van der Waals surface area contributed by atoms with E-state index in [1.807, 2.05) is 0 Å². The molecule has 6 N–H and O–H groups in total. The number of likely N-dealkylation sites (N-methyl/N-ethyl adjacent to an activating group) is 2. The maximum Gasteiger partial charge on any atom is 0.409 e. The topological polar surface area (TPSA) is 276 Å². The minimum Gasteiger partial charge on any atom is -0.453 e. The van der Waals surface area contributed by atoms with E-state index in [2.05, 4.69) is 26.0 Å². The van der Waals surface area contributed by atoms with Gasteiger partial charge >= 0.3 is 18.2 Å². The number of nitrogens with two attached hydrogens (primary N) is 1. The number of benzene rings is 1. The Bertz CT molecular complexity index is 1630. The van der Waals surface area contributed by atoms with E-state index in [1.54, 1.807) is 52.1 Å². The molecular formula is C41H66N8O14. The number of nitrogens with zero attached hydrogens (tertiary/aromatic N) is 3. The summed E-state index contributed by atoms with van der Waals surface area (Å²) in [5.41, 5.74) is 6.21. The molecule has 1 saturated heterocycles. The summed E-state index contributed by atoms with van der Waals surface area (Å²) in [5, 5.41) is 10.7. The Hall–Kier alpha value is -5.58. The molecule has 1 fully saturated rings. The summed E-state index contributed by atoms with van der Waals surface area (Å²) in [6.07, 6.45) is -0.473. The van der Waals surface area contributed by atoms with Crippen LogP contribution in [0.5, 0.6) is 0 Å². The molecule has 0 aliphatic carbocycles. The summed E-state index contributed by atoms with van der Waals surface area (Å²) in [4.78, 5) is 102. The zero-order valence-electron chi connectivity index (χ0n) is 37.3. The summed E-state index contributed by atoms with van der Waals surface area (Å²) in [5.74, 6) is -2.50.